The van der Waals surface area contributed by atoms with Crippen molar-refractivity contribution in [3.05, 3.63) is 47.5 Å². The molecule has 0 unspecified atom stereocenters. The van der Waals surface area contributed by atoms with Gasteiger partial charge in [-0.15, -0.1) is 5.10 Å². The van der Waals surface area contributed by atoms with Crippen molar-refractivity contribution in [2.75, 3.05) is 0 Å². The highest BCUT2D eigenvalue weighted by atomic mass is 15.3. The summed E-state index contributed by atoms with van der Waals surface area (Å²) in [5, 5.41) is 12.6. The molecular weight excluding hydrogens is 336 g/mol. The summed E-state index contributed by atoms with van der Waals surface area (Å²) < 4.78 is 4.00. The zero-order valence-electron chi connectivity index (χ0n) is 17.2. The lowest BCUT2D eigenvalue weighted by atomic mass is 10.0. The number of aryl methyl sites for hydroxylation is 3. The highest BCUT2D eigenvalue weighted by molar-refractivity contribution is 5.79. The standard InChI is InChI=1S/C11H15N3.C10H13N3/c1-7(2)9-6-14(4)10-5-8(3)12-13-11(9)10;1-7(2)8-6-11-9-4-5-12-13(3)10(8)9/h5-7H,1-4H3;4-7H,1-3H3. The fourth-order valence-electron chi connectivity index (χ4n) is 3.28. The molecule has 0 amide bonds. The Kier molecular flexibility index (Phi) is 5.26. The Balaban J connectivity index is 0.000000156. The van der Waals surface area contributed by atoms with Crippen LogP contribution in [0.25, 0.3) is 22.4 Å². The number of hydrogen-bond donors (Lipinski definition) is 0. The summed E-state index contributed by atoms with van der Waals surface area (Å²) in [6, 6.07) is 4.02. The van der Waals surface area contributed by atoms with Crippen molar-refractivity contribution in [2.24, 2.45) is 14.1 Å². The molecule has 0 bridgehead atoms. The predicted molar refractivity (Wildman–Crippen MR) is 109 cm³/mol. The van der Waals surface area contributed by atoms with Crippen LogP contribution < -0.4 is 0 Å². The first-order valence-corrected chi connectivity index (χ1v) is 9.35. The van der Waals surface area contributed by atoms with Crippen LogP contribution >= 0.6 is 0 Å². The van der Waals surface area contributed by atoms with E-state index in [1.807, 2.05) is 30.9 Å². The van der Waals surface area contributed by atoms with Crippen molar-refractivity contribution >= 4 is 11.0 Å². The first kappa shape index (κ1) is 19.0. The van der Waals surface area contributed by atoms with Crippen LogP contribution in [-0.4, -0.2) is 29.5 Å². The summed E-state index contributed by atoms with van der Waals surface area (Å²) in [7, 11) is 4.01. The molecule has 2 aromatic rings. The van der Waals surface area contributed by atoms with E-state index in [4.69, 9.17) is 0 Å². The summed E-state index contributed by atoms with van der Waals surface area (Å²) >= 11 is 0. The fraction of sp³-hybridized carbons (Fsp3) is 0.429. The molecule has 4 heterocycles. The van der Waals surface area contributed by atoms with Gasteiger partial charge in [0.2, 0.25) is 0 Å². The highest BCUT2D eigenvalue weighted by Crippen LogP contribution is 2.28. The number of rotatable bonds is 2. The molecule has 0 fully saturated rings. The Bertz CT molecular complexity index is 1020. The molecule has 142 valence electrons. The van der Waals surface area contributed by atoms with Gasteiger partial charge in [-0.25, -0.2) is 0 Å². The van der Waals surface area contributed by atoms with E-state index in [1.54, 1.807) is 6.20 Å². The number of aromatic nitrogens is 6. The van der Waals surface area contributed by atoms with Crippen LogP contribution in [0.4, 0.5) is 0 Å². The van der Waals surface area contributed by atoms with Crippen molar-refractivity contribution in [2.45, 2.75) is 46.5 Å². The minimum absolute atomic E-state index is 0.496. The van der Waals surface area contributed by atoms with E-state index >= 15 is 0 Å². The second kappa shape index (κ2) is 7.47. The van der Waals surface area contributed by atoms with E-state index in [0.29, 0.717) is 11.8 Å². The van der Waals surface area contributed by atoms with Gasteiger partial charge in [0.05, 0.1) is 22.6 Å². The van der Waals surface area contributed by atoms with Gasteiger partial charge in [-0.05, 0) is 30.9 Å². The maximum atomic E-state index is 4.34. The molecule has 0 N–H and O–H groups in total. The SMILES string of the molecule is CC(C)c1cnc2ccnn(C)c1-2.Cc1cc2c(nn1)c(C(C)C)cn2C. The van der Waals surface area contributed by atoms with E-state index in [9.17, 15) is 0 Å². The lowest BCUT2D eigenvalue weighted by Crippen LogP contribution is -2.03. The average molecular weight is 364 g/mol. The minimum Gasteiger partial charge on any atom is -0.349 e. The molecule has 0 spiro atoms. The van der Waals surface area contributed by atoms with Crippen LogP contribution in [0.5, 0.6) is 0 Å². The highest BCUT2D eigenvalue weighted by Gasteiger charge is 2.15. The maximum absolute atomic E-state index is 4.34. The van der Waals surface area contributed by atoms with Gasteiger partial charge in [0.1, 0.15) is 5.52 Å². The monoisotopic (exact) mass is 364 g/mol. The summed E-state index contributed by atoms with van der Waals surface area (Å²) in [6.45, 7) is 10.7. The summed E-state index contributed by atoms with van der Waals surface area (Å²) in [5.41, 5.74) is 7.89. The summed E-state index contributed by atoms with van der Waals surface area (Å²) in [6.07, 6.45) is 5.86. The second-order valence-electron chi connectivity index (χ2n) is 7.63. The van der Waals surface area contributed by atoms with Gasteiger partial charge < -0.3 is 4.57 Å². The number of nitrogens with zero attached hydrogens (tertiary/aromatic N) is 6. The lowest BCUT2D eigenvalue weighted by Gasteiger charge is -2.09. The second-order valence-corrected chi connectivity index (χ2v) is 7.63. The number of fused-ring (bicyclic) bond motifs is 2. The molecule has 0 saturated heterocycles. The first-order chi connectivity index (χ1) is 12.8. The van der Waals surface area contributed by atoms with Crippen LogP contribution in [0.15, 0.2) is 30.7 Å². The minimum atomic E-state index is 0.496. The average Bonchev–Trinajstić information content (AvgIpc) is 3.18. The first-order valence-electron chi connectivity index (χ1n) is 9.35. The third kappa shape index (κ3) is 3.70. The molecular formula is C21H28N6. The summed E-state index contributed by atoms with van der Waals surface area (Å²) in [5.74, 6) is 0.996. The van der Waals surface area contributed by atoms with Crippen molar-refractivity contribution in [3.8, 4) is 11.4 Å². The Morgan fingerprint density at radius 3 is 2.33 bits per heavy atom. The van der Waals surface area contributed by atoms with Gasteiger partial charge in [0, 0.05) is 43.8 Å². The zero-order chi connectivity index (χ0) is 19.7. The smallest absolute Gasteiger partial charge is 0.114 e. The molecule has 0 radical (unpaired) electrons. The molecule has 0 saturated carbocycles. The zero-order valence-corrected chi connectivity index (χ0v) is 17.2. The van der Waals surface area contributed by atoms with Gasteiger partial charge in [0.25, 0.3) is 0 Å². The molecule has 27 heavy (non-hydrogen) atoms. The van der Waals surface area contributed by atoms with E-state index < -0.39 is 0 Å². The largest absolute Gasteiger partial charge is 0.349 e. The topological polar surface area (TPSA) is 61.4 Å². The Labute approximate surface area is 160 Å². The summed E-state index contributed by atoms with van der Waals surface area (Å²) in [4.78, 5) is 4.34. The van der Waals surface area contributed by atoms with E-state index in [0.717, 1.165) is 22.6 Å². The van der Waals surface area contributed by atoms with Crippen LogP contribution in [0.1, 0.15) is 56.4 Å². The van der Waals surface area contributed by atoms with Crippen molar-refractivity contribution in [3.63, 3.8) is 0 Å². The maximum Gasteiger partial charge on any atom is 0.114 e. The molecule has 0 aromatic carbocycles. The number of hydrogen-bond acceptors (Lipinski definition) is 4. The van der Waals surface area contributed by atoms with Crippen LogP contribution in [0.3, 0.4) is 0 Å². The van der Waals surface area contributed by atoms with Crippen molar-refractivity contribution < 1.29 is 0 Å². The fourth-order valence-corrected chi connectivity index (χ4v) is 3.28. The van der Waals surface area contributed by atoms with Gasteiger partial charge in [-0.2, -0.15) is 10.2 Å². The molecule has 0 atom stereocenters. The molecule has 6 nitrogen and oxygen atoms in total. The Morgan fingerprint density at radius 2 is 1.67 bits per heavy atom. The van der Waals surface area contributed by atoms with Gasteiger partial charge in [0.15, 0.2) is 0 Å². The Hall–Kier alpha value is -2.76. The van der Waals surface area contributed by atoms with Crippen LogP contribution in [0, 0.1) is 6.92 Å². The van der Waals surface area contributed by atoms with E-state index in [2.05, 4.69) is 71.9 Å². The van der Waals surface area contributed by atoms with Gasteiger partial charge in [-0.3, -0.25) is 9.67 Å². The van der Waals surface area contributed by atoms with E-state index in [-0.39, 0.29) is 0 Å². The molecule has 6 heteroatoms. The molecule has 2 aliphatic heterocycles. The quantitative estimate of drug-likeness (QED) is 0.527. The van der Waals surface area contributed by atoms with Crippen molar-refractivity contribution in [1.82, 2.24) is 29.5 Å². The molecule has 4 rings (SSSR count). The molecule has 0 aliphatic carbocycles. The Morgan fingerprint density at radius 1 is 0.963 bits per heavy atom. The third-order valence-electron chi connectivity index (χ3n) is 4.78. The lowest BCUT2D eigenvalue weighted by molar-refractivity contribution is 0.731. The van der Waals surface area contributed by atoms with Crippen LogP contribution in [0.2, 0.25) is 0 Å². The van der Waals surface area contributed by atoms with Gasteiger partial charge >= 0.3 is 0 Å². The van der Waals surface area contributed by atoms with Gasteiger partial charge in [-0.1, -0.05) is 27.7 Å². The normalized spacial score (nSPS) is 11.4. The third-order valence-corrected chi connectivity index (χ3v) is 4.78. The predicted octanol–water partition coefficient (Wildman–Crippen LogP) is 4.44. The van der Waals surface area contributed by atoms with E-state index in [1.165, 1.54) is 16.6 Å². The molecule has 2 aliphatic rings. The van der Waals surface area contributed by atoms with Crippen molar-refractivity contribution in [1.29, 1.82) is 0 Å². The van der Waals surface area contributed by atoms with Crippen LogP contribution in [-0.2, 0) is 14.1 Å². The molecule has 2 aromatic heterocycles.